The largest absolute Gasteiger partial charge is 0.383 e. The van der Waals surface area contributed by atoms with Crippen molar-refractivity contribution in [2.75, 3.05) is 5.73 Å². The quantitative estimate of drug-likeness (QED) is 0.782. The van der Waals surface area contributed by atoms with Gasteiger partial charge in [-0.05, 0) is 24.6 Å². The molecule has 3 rings (SSSR count). The maximum atomic E-state index is 5.92. The number of imidazole rings is 1. The summed E-state index contributed by atoms with van der Waals surface area (Å²) in [5, 5.41) is 4.28. The van der Waals surface area contributed by atoms with Crippen LogP contribution in [0.15, 0.2) is 43.2 Å². The van der Waals surface area contributed by atoms with Gasteiger partial charge in [0.15, 0.2) is 0 Å². The first-order valence-corrected chi connectivity index (χ1v) is 6.44. The van der Waals surface area contributed by atoms with Crippen LogP contribution in [-0.2, 0) is 13.1 Å². The number of nitrogen functional groups attached to an aromatic ring is 1. The Morgan fingerprint density at radius 1 is 1.25 bits per heavy atom. The van der Waals surface area contributed by atoms with Crippen molar-refractivity contribution in [3.05, 3.63) is 48.8 Å². The number of rotatable bonds is 4. The number of hydrogen-bond acceptors (Lipinski definition) is 4. The fourth-order valence-electron chi connectivity index (χ4n) is 2.16. The average molecular weight is 268 g/mol. The van der Waals surface area contributed by atoms with E-state index in [4.69, 9.17) is 5.73 Å². The highest BCUT2D eigenvalue weighted by molar-refractivity contribution is 5.70. The van der Waals surface area contributed by atoms with Crippen LogP contribution in [-0.4, -0.2) is 24.3 Å². The summed E-state index contributed by atoms with van der Waals surface area (Å²) >= 11 is 0. The van der Waals surface area contributed by atoms with Gasteiger partial charge in [-0.2, -0.15) is 5.10 Å². The Morgan fingerprint density at radius 3 is 2.90 bits per heavy atom. The van der Waals surface area contributed by atoms with E-state index in [0.29, 0.717) is 5.82 Å². The summed E-state index contributed by atoms with van der Waals surface area (Å²) in [5.74, 6) is 0.518. The van der Waals surface area contributed by atoms with E-state index in [-0.39, 0.29) is 0 Å². The van der Waals surface area contributed by atoms with Crippen molar-refractivity contribution < 1.29 is 0 Å². The van der Waals surface area contributed by atoms with Crippen molar-refractivity contribution in [1.82, 2.24) is 24.3 Å². The zero-order chi connectivity index (χ0) is 13.9. The lowest BCUT2D eigenvalue weighted by Crippen LogP contribution is -2.08. The fourth-order valence-corrected chi connectivity index (χ4v) is 2.16. The third kappa shape index (κ3) is 2.40. The molecule has 0 unspecified atom stereocenters. The van der Waals surface area contributed by atoms with Gasteiger partial charge in [0, 0.05) is 24.5 Å². The minimum atomic E-state index is 0.518. The summed E-state index contributed by atoms with van der Waals surface area (Å²) in [6.07, 6.45) is 9.18. The second-order valence-corrected chi connectivity index (χ2v) is 4.69. The van der Waals surface area contributed by atoms with Gasteiger partial charge in [0.05, 0.1) is 31.0 Å². The van der Waals surface area contributed by atoms with Crippen molar-refractivity contribution in [3.8, 4) is 11.3 Å². The van der Waals surface area contributed by atoms with Crippen molar-refractivity contribution in [3.63, 3.8) is 0 Å². The van der Waals surface area contributed by atoms with Gasteiger partial charge in [-0.3, -0.25) is 4.68 Å². The van der Waals surface area contributed by atoms with Crippen LogP contribution < -0.4 is 5.73 Å². The Bertz CT molecular complexity index is 712. The van der Waals surface area contributed by atoms with Crippen LogP contribution in [0.25, 0.3) is 11.3 Å². The molecule has 0 spiro atoms. The maximum Gasteiger partial charge on any atom is 0.132 e. The third-order valence-corrected chi connectivity index (χ3v) is 3.16. The molecule has 0 saturated heterocycles. The Hall–Kier alpha value is -2.63. The molecule has 0 aromatic carbocycles. The molecule has 6 heteroatoms. The second kappa shape index (κ2) is 5.16. The zero-order valence-corrected chi connectivity index (χ0v) is 11.3. The summed E-state index contributed by atoms with van der Waals surface area (Å²) in [7, 11) is 0. The smallest absolute Gasteiger partial charge is 0.132 e. The first kappa shape index (κ1) is 12.4. The van der Waals surface area contributed by atoms with E-state index in [0.717, 1.165) is 29.9 Å². The normalized spacial score (nSPS) is 10.8. The topological polar surface area (TPSA) is 74.5 Å². The molecule has 102 valence electrons. The molecule has 0 aliphatic carbocycles. The molecule has 3 aromatic rings. The summed E-state index contributed by atoms with van der Waals surface area (Å²) in [5.41, 5.74) is 8.96. The van der Waals surface area contributed by atoms with E-state index in [9.17, 15) is 0 Å². The van der Waals surface area contributed by atoms with Gasteiger partial charge < -0.3 is 10.3 Å². The van der Waals surface area contributed by atoms with Gasteiger partial charge in [0.2, 0.25) is 0 Å². The molecular formula is C14H16N6. The molecule has 0 aliphatic heterocycles. The van der Waals surface area contributed by atoms with E-state index in [2.05, 4.69) is 19.6 Å². The molecule has 3 aromatic heterocycles. The second-order valence-electron chi connectivity index (χ2n) is 4.69. The summed E-state index contributed by atoms with van der Waals surface area (Å²) in [4.78, 5) is 8.32. The molecule has 0 bridgehead atoms. The zero-order valence-electron chi connectivity index (χ0n) is 11.3. The summed E-state index contributed by atoms with van der Waals surface area (Å²) in [6.45, 7) is 3.60. The molecule has 3 heterocycles. The van der Waals surface area contributed by atoms with Crippen molar-refractivity contribution >= 4 is 5.82 Å². The van der Waals surface area contributed by atoms with Gasteiger partial charge in [-0.25, -0.2) is 9.97 Å². The number of nitrogens with two attached hydrogens (primary N) is 1. The van der Waals surface area contributed by atoms with Crippen LogP contribution in [0.5, 0.6) is 0 Å². The van der Waals surface area contributed by atoms with Crippen LogP contribution in [0.4, 0.5) is 5.82 Å². The monoisotopic (exact) mass is 268 g/mol. The van der Waals surface area contributed by atoms with Crippen LogP contribution >= 0.6 is 0 Å². The maximum absolute atomic E-state index is 5.92. The van der Waals surface area contributed by atoms with Gasteiger partial charge in [0.25, 0.3) is 0 Å². The Kier molecular flexibility index (Phi) is 3.20. The number of aryl methyl sites for hydroxylation is 3. The summed E-state index contributed by atoms with van der Waals surface area (Å²) < 4.78 is 3.98. The summed E-state index contributed by atoms with van der Waals surface area (Å²) in [6, 6.07) is 3.83. The number of nitrogens with zero attached hydrogens (tertiary/aromatic N) is 5. The highest BCUT2D eigenvalue weighted by atomic mass is 15.3. The number of aromatic nitrogens is 5. The molecule has 6 nitrogen and oxygen atoms in total. The van der Waals surface area contributed by atoms with Gasteiger partial charge in [0.1, 0.15) is 5.82 Å². The Balaban J connectivity index is 1.82. The Morgan fingerprint density at radius 2 is 2.15 bits per heavy atom. The van der Waals surface area contributed by atoms with Crippen LogP contribution in [0.2, 0.25) is 0 Å². The van der Waals surface area contributed by atoms with Crippen LogP contribution in [0, 0.1) is 6.92 Å². The Labute approximate surface area is 116 Å². The molecule has 0 radical (unpaired) electrons. The highest BCUT2D eigenvalue weighted by Gasteiger charge is 2.08. The van der Waals surface area contributed by atoms with Gasteiger partial charge in [-0.1, -0.05) is 0 Å². The average Bonchev–Trinajstić information content (AvgIpc) is 3.06. The van der Waals surface area contributed by atoms with Gasteiger partial charge in [-0.15, -0.1) is 0 Å². The fraction of sp³-hybridized carbons (Fsp3) is 0.214. The van der Waals surface area contributed by atoms with E-state index in [1.165, 1.54) is 0 Å². The molecule has 0 fully saturated rings. The third-order valence-electron chi connectivity index (χ3n) is 3.16. The van der Waals surface area contributed by atoms with Crippen molar-refractivity contribution in [2.24, 2.45) is 0 Å². The predicted octanol–water partition coefficient (Wildman–Crippen LogP) is 1.73. The standard InChI is InChI=1S/C14H16N6/c1-11-7-18-20(9-11)6-5-19-10-16-8-13(19)12-3-2-4-17-14(12)15/h2-4,7-10H,5-6H2,1H3,(H2,15,17). The number of anilines is 1. The van der Waals surface area contributed by atoms with E-state index in [1.807, 2.05) is 42.3 Å². The lowest BCUT2D eigenvalue weighted by atomic mass is 10.2. The highest BCUT2D eigenvalue weighted by Crippen LogP contribution is 2.23. The van der Waals surface area contributed by atoms with E-state index < -0.39 is 0 Å². The molecule has 0 saturated carbocycles. The predicted molar refractivity (Wildman–Crippen MR) is 76.8 cm³/mol. The van der Waals surface area contributed by atoms with Gasteiger partial charge >= 0.3 is 0 Å². The first-order valence-electron chi connectivity index (χ1n) is 6.44. The molecule has 0 atom stereocenters. The minimum Gasteiger partial charge on any atom is -0.383 e. The SMILES string of the molecule is Cc1cnn(CCn2cncc2-c2cccnc2N)c1. The molecule has 0 amide bonds. The molecule has 20 heavy (non-hydrogen) atoms. The lowest BCUT2D eigenvalue weighted by Gasteiger charge is -2.09. The number of pyridine rings is 1. The van der Waals surface area contributed by atoms with E-state index >= 15 is 0 Å². The number of hydrogen-bond donors (Lipinski definition) is 1. The minimum absolute atomic E-state index is 0.518. The first-order chi connectivity index (χ1) is 9.74. The van der Waals surface area contributed by atoms with Crippen LogP contribution in [0.1, 0.15) is 5.56 Å². The molecule has 0 aliphatic rings. The van der Waals surface area contributed by atoms with Crippen LogP contribution in [0.3, 0.4) is 0 Å². The lowest BCUT2D eigenvalue weighted by molar-refractivity contribution is 0.535. The van der Waals surface area contributed by atoms with Crippen molar-refractivity contribution in [1.29, 1.82) is 0 Å². The molecular weight excluding hydrogens is 252 g/mol. The van der Waals surface area contributed by atoms with E-state index in [1.54, 1.807) is 12.5 Å². The molecule has 2 N–H and O–H groups in total. The van der Waals surface area contributed by atoms with Crippen molar-refractivity contribution in [2.45, 2.75) is 20.0 Å².